The van der Waals surface area contributed by atoms with Gasteiger partial charge in [0.15, 0.2) is 0 Å². The van der Waals surface area contributed by atoms with Crippen molar-refractivity contribution < 1.29 is 9.59 Å². The maximum Gasteiger partial charge on any atom is 0.272 e. The van der Waals surface area contributed by atoms with Crippen molar-refractivity contribution in [1.82, 2.24) is 19.6 Å². The summed E-state index contributed by atoms with van der Waals surface area (Å²) in [6.45, 7) is 2.91. The van der Waals surface area contributed by atoms with E-state index in [0.29, 0.717) is 23.0 Å². The van der Waals surface area contributed by atoms with Crippen LogP contribution in [0.5, 0.6) is 0 Å². The van der Waals surface area contributed by atoms with Gasteiger partial charge in [-0.3, -0.25) is 14.3 Å². The molecule has 0 aliphatic carbocycles. The molecule has 0 spiro atoms. The molecule has 0 fully saturated rings. The molecule has 9 heteroatoms. The molecule has 1 atom stereocenters. The van der Waals surface area contributed by atoms with Crippen LogP contribution in [0.3, 0.4) is 0 Å². The number of hydrogen-bond acceptors (Lipinski definition) is 5. The normalized spacial score (nSPS) is 15.0. The van der Waals surface area contributed by atoms with E-state index >= 15 is 0 Å². The first kappa shape index (κ1) is 24.3. The van der Waals surface area contributed by atoms with Gasteiger partial charge < -0.3 is 9.80 Å². The quantitative estimate of drug-likeness (QED) is 0.525. The summed E-state index contributed by atoms with van der Waals surface area (Å²) < 4.78 is 1.80. The van der Waals surface area contributed by atoms with Crippen molar-refractivity contribution in [2.75, 3.05) is 26.2 Å². The first-order valence-corrected chi connectivity index (χ1v) is 11.5. The summed E-state index contributed by atoms with van der Waals surface area (Å²) in [6, 6.07) is 13.1. The fourth-order valence-corrected chi connectivity index (χ4v) is 4.08. The van der Waals surface area contributed by atoms with E-state index in [2.05, 4.69) is 6.92 Å². The van der Waals surface area contributed by atoms with Crippen LogP contribution in [0.15, 0.2) is 30.3 Å². The molecular weight excluding hydrogens is 440 g/mol. The van der Waals surface area contributed by atoms with E-state index in [9.17, 15) is 9.59 Å². The molecule has 0 bridgehead atoms. The summed E-state index contributed by atoms with van der Waals surface area (Å²) in [5.41, 5.74) is 2.01. The summed E-state index contributed by atoms with van der Waals surface area (Å²) >= 11 is 6.00. The summed E-state index contributed by atoms with van der Waals surface area (Å²) in [4.78, 5) is 29.3. The minimum Gasteiger partial charge on any atom is -0.339 e. The standard InChI is InChI=1S/C24H27ClN6O2/c1-2-3-6-20-16-30(17-23(32)29(13-4-11-26)14-5-12-27)24(33)22-15-21(28-31(20)22)18-7-9-19(25)10-8-18/h7-10,15,20H,2-6,13-14,16-17H2,1H3. The lowest BCUT2D eigenvalue weighted by atomic mass is 10.1. The average molecular weight is 467 g/mol. The van der Waals surface area contributed by atoms with Gasteiger partial charge in [0.05, 0.1) is 36.7 Å². The van der Waals surface area contributed by atoms with Crippen LogP contribution in [0.1, 0.15) is 55.6 Å². The van der Waals surface area contributed by atoms with E-state index in [4.69, 9.17) is 27.2 Å². The fourth-order valence-electron chi connectivity index (χ4n) is 3.95. The van der Waals surface area contributed by atoms with Crippen molar-refractivity contribution in [2.24, 2.45) is 0 Å². The van der Waals surface area contributed by atoms with Crippen molar-refractivity contribution in [3.8, 4) is 23.4 Å². The molecule has 33 heavy (non-hydrogen) atoms. The van der Waals surface area contributed by atoms with Crippen molar-refractivity contribution in [2.45, 2.75) is 45.1 Å². The highest BCUT2D eigenvalue weighted by Crippen LogP contribution is 2.29. The van der Waals surface area contributed by atoms with Gasteiger partial charge in [-0.1, -0.05) is 43.5 Å². The van der Waals surface area contributed by atoms with Crippen LogP contribution in [-0.4, -0.2) is 57.6 Å². The lowest BCUT2D eigenvalue weighted by Gasteiger charge is -2.34. The van der Waals surface area contributed by atoms with Crippen LogP contribution in [0, 0.1) is 22.7 Å². The highest BCUT2D eigenvalue weighted by atomic mass is 35.5. The van der Waals surface area contributed by atoms with E-state index in [-0.39, 0.29) is 50.3 Å². The molecule has 8 nitrogen and oxygen atoms in total. The van der Waals surface area contributed by atoms with Crippen molar-refractivity contribution in [3.63, 3.8) is 0 Å². The van der Waals surface area contributed by atoms with Crippen molar-refractivity contribution in [1.29, 1.82) is 10.5 Å². The van der Waals surface area contributed by atoms with Gasteiger partial charge >= 0.3 is 0 Å². The molecule has 172 valence electrons. The number of amides is 2. The molecule has 1 aliphatic rings. The number of aromatic nitrogens is 2. The molecule has 1 aromatic carbocycles. The number of benzene rings is 1. The predicted octanol–water partition coefficient (Wildman–Crippen LogP) is 4.05. The van der Waals surface area contributed by atoms with Crippen LogP contribution >= 0.6 is 11.6 Å². The zero-order valence-electron chi connectivity index (χ0n) is 18.7. The van der Waals surface area contributed by atoms with Crippen LogP contribution in [0.2, 0.25) is 5.02 Å². The molecule has 2 aromatic rings. The van der Waals surface area contributed by atoms with Crippen LogP contribution in [0.4, 0.5) is 0 Å². The molecular formula is C24H27ClN6O2. The number of carbonyl (C=O) groups excluding carboxylic acids is 2. The fraction of sp³-hybridized carbons (Fsp3) is 0.458. The SMILES string of the molecule is CCCCC1CN(CC(=O)N(CCC#N)CCC#N)C(=O)c2cc(-c3ccc(Cl)cc3)nn21. The summed E-state index contributed by atoms with van der Waals surface area (Å²) in [6.07, 6.45) is 3.20. The van der Waals surface area contributed by atoms with Crippen LogP contribution < -0.4 is 0 Å². The monoisotopic (exact) mass is 466 g/mol. The highest BCUT2D eigenvalue weighted by molar-refractivity contribution is 6.30. The molecule has 2 amide bonds. The Hall–Kier alpha value is -3.36. The zero-order chi connectivity index (χ0) is 23.8. The number of nitriles is 2. The minimum absolute atomic E-state index is 0.0295. The third kappa shape index (κ3) is 5.91. The Kier molecular flexibility index (Phi) is 8.46. The molecule has 1 aliphatic heterocycles. The second-order valence-corrected chi connectivity index (χ2v) is 8.48. The Morgan fingerprint density at radius 3 is 2.48 bits per heavy atom. The average Bonchev–Trinajstić information content (AvgIpc) is 3.26. The van der Waals surface area contributed by atoms with Gasteiger partial charge in [-0.15, -0.1) is 0 Å². The topological polar surface area (TPSA) is 106 Å². The van der Waals surface area contributed by atoms with E-state index in [0.717, 1.165) is 24.8 Å². The predicted molar refractivity (Wildman–Crippen MR) is 124 cm³/mol. The third-order valence-electron chi connectivity index (χ3n) is 5.72. The van der Waals surface area contributed by atoms with Gasteiger partial charge in [0.2, 0.25) is 5.91 Å². The van der Waals surface area contributed by atoms with Gasteiger partial charge in [-0.25, -0.2) is 0 Å². The number of fused-ring (bicyclic) bond motifs is 1. The van der Waals surface area contributed by atoms with E-state index in [1.165, 1.54) is 4.90 Å². The molecule has 1 aromatic heterocycles. The molecule has 0 saturated heterocycles. The van der Waals surface area contributed by atoms with Gasteiger partial charge in [-0.2, -0.15) is 15.6 Å². The van der Waals surface area contributed by atoms with Gasteiger partial charge in [0.1, 0.15) is 12.2 Å². The van der Waals surface area contributed by atoms with Gasteiger partial charge in [-0.05, 0) is 24.6 Å². The third-order valence-corrected chi connectivity index (χ3v) is 5.97. The number of carbonyl (C=O) groups is 2. The first-order chi connectivity index (χ1) is 16.0. The van der Waals surface area contributed by atoms with E-state index < -0.39 is 0 Å². The summed E-state index contributed by atoms with van der Waals surface area (Å²) in [5.74, 6) is -0.502. The molecule has 0 N–H and O–H groups in total. The van der Waals surface area contributed by atoms with Crippen LogP contribution in [0.25, 0.3) is 11.3 Å². The van der Waals surface area contributed by atoms with Crippen molar-refractivity contribution >= 4 is 23.4 Å². The molecule has 1 unspecified atom stereocenters. The Morgan fingerprint density at radius 1 is 1.21 bits per heavy atom. The summed E-state index contributed by atoms with van der Waals surface area (Å²) in [5, 5.41) is 23.1. The summed E-state index contributed by atoms with van der Waals surface area (Å²) in [7, 11) is 0. The maximum absolute atomic E-state index is 13.3. The zero-order valence-corrected chi connectivity index (χ0v) is 19.5. The number of halogens is 1. The molecule has 0 radical (unpaired) electrons. The number of rotatable bonds is 10. The highest BCUT2D eigenvalue weighted by Gasteiger charge is 2.34. The molecule has 3 rings (SSSR count). The first-order valence-electron chi connectivity index (χ1n) is 11.1. The maximum atomic E-state index is 13.3. The Labute approximate surface area is 198 Å². The Balaban J connectivity index is 1.85. The van der Waals surface area contributed by atoms with Crippen molar-refractivity contribution in [3.05, 3.63) is 41.0 Å². The lowest BCUT2D eigenvalue weighted by Crippen LogP contribution is -2.49. The number of unbranched alkanes of at least 4 members (excludes halogenated alkanes) is 1. The smallest absolute Gasteiger partial charge is 0.272 e. The lowest BCUT2D eigenvalue weighted by molar-refractivity contribution is -0.132. The minimum atomic E-state index is -0.256. The van der Waals surface area contributed by atoms with Gasteiger partial charge in [0.25, 0.3) is 5.91 Å². The van der Waals surface area contributed by atoms with Crippen LogP contribution in [-0.2, 0) is 4.79 Å². The van der Waals surface area contributed by atoms with E-state index in [1.807, 2.05) is 24.3 Å². The number of nitrogens with zero attached hydrogens (tertiary/aromatic N) is 6. The second-order valence-electron chi connectivity index (χ2n) is 8.05. The van der Waals surface area contributed by atoms with E-state index in [1.54, 1.807) is 27.8 Å². The molecule has 2 heterocycles. The number of hydrogen-bond donors (Lipinski definition) is 0. The molecule has 0 saturated carbocycles. The Bertz CT molecular complexity index is 1050. The van der Waals surface area contributed by atoms with Gasteiger partial charge in [0, 0.05) is 30.2 Å². The largest absolute Gasteiger partial charge is 0.339 e. The Morgan fingerprint density at radius 2 is 1.88 bits per heavy atom. The second kappa shape index (κ2) is 11.5.